The smallest absolute Gasteiger partial charge is 0.0623 e. The van der Waals surface area contributed by atoms with Crippen molar-refractivity contribution in [1.82, 2.24) is 5.32 Å². The van der Waals surface area contributed by atoms with Crippen molar-refractivity contribution in [2.45, 2.75) is 19.4 Å². The zero-order chi connectivity index (χ0) is 9.80. The van der Waals surface area contributed by atoms with Gasteiger partial charge in [-0.3, -0.25) is 0 Å². The Balaban J connectivity index is 1.95. The highest BCUT2D eigenvalue weighted by Gasteiger charge is 2.12. The normalized spacial score (nSPS) is 22.2. The maximum atomic E-state index is 5.42. The highest BCUT2D eigenvalue weighted by molar-refractivity contribution is 5.23. The minimum atomic E-state index is 0.491. The third kappa shape index (κ3) is 2.56. The van der Waals surface area contributed by atoms with Crippen LogP contribution >= 0.6 is 0 Å². The minimum Gasteiger partial charge on any atom is -0.379 e. The van der Waals surface area contributed by atoms with Crippen LogP contribution < -0.4 is 5.32 Å². The number of hydrogen-bond acceptors (Lipinski definition) is 2. The molecule has 1 aromatic rings. The summed E-state index contributed by atoms with van der Waals surface area (Å²) in [6, 6.07) is 9.17. The quantitative estimate of drug-likeness (QED) is 0.765. The molecule has 2 rings (SSSR count). The minimum absolute atomic E-state index is 0.491. The van der Waals surface area contributed by atoms with Gasteiger partial charge >= 0.3 is 0 Å². The van der Waals surface area contributed by atoms with Crippen molar-refractivity contribution in [2.24, 2.45) is 0 Å². The predicted molar refractivity (Wildman–Crippen MR) is 57.5 cm³/mol. The van der Waals surface area contributed by atoms with Gasteiger partial charge in [0.05, 0.1) is 13.2 Å². The van der Waals surface area contributed by atoms with Gasteiger partial charge in [0.15, 0.2) is 0 Å². The molecule has 1 aliphatic rings. The number of hydrogen-bond donors (Lipinski definition) is 1. The molecule has 0 spiro atoms. The fraction of sp³-hybridized carbons (Fsp3) is 0.500. The second-order valence-electron chi connectivity index (χ2n) is 3.92. The van der Waals surface area contributed by atoms with Gasteiger partial charge in [0.25, 0.3) is 0 Å². The summed E-state index contributed by atoms with van der Waals surface area (Å²) in [6.07, 6.45) is 1.07. The first-order chi connectivity index (χ1) is 6.84. The summed E-state index contributed by atoms with van der Waals surface area (Å²) in [5, 5.41) is 3.46. The average molecular weight is 191 g/mol. The van der Waals surface area contributed by atoms with E-state index in [1.165, 1.54) is 11.1 Å². The van der Waals surface area contributed by atoms with E-state index in [9.17, 15) is 0 Å². The molecule has 1 atom stereocenters. The monoisotopic (exact) mass is 191 g/mol. The third-order valence-electron chi connectivity index (χ3n) is 2.56. The second kappa shape index (κ2) is 4.58. The SMILES string of the molecule is Cc1cccc(CC2COCCN2)c1. The Labute approximate surface area is 85.3 Å². The van der Waals surface area contributed by atoms with E-state index >= 15 is 0 Å². The summed E-state index contributed by atoms with van der Waals surface area (Å²) in [5.41, 5.74) is 2.73. The summed E-state index contributed by atoms with van der Waals surface area (Å²) in [5.74, 6) is 0. The molecule has 1 saturated heterocycles. The Morgan fingerprint density at radius 2 is 2.43 bits per heavy atom. The van der Waals surface area contributed by atoms with E-state index in [0.717, 1.165) is 26.2 Å². The van der Waals surface area contributed by atoms with Gasteiger partial charge < -0.3 is 10.1 Å². The third-order valence-corrected chi connectivity index (χ3v) is 2.56. The van der Waals surface area contributed by atoms with Crippen molar-refractivity contribution in [3.05, 3.63) is 35.4 Å². The van der Waals surface area contributed by atoms with Crippen LogP contribution in [-0.2, 0) is 11.2 Å². The zero-order valence-electron chi connectivity index (χ0n) is 8.62. The van der Waals surface area contributed by atoms with E-state index in [1.54, 1.807) is 0 Å². The second-order valence-corrected chi connectivity index (χ2v) is 3.92. The van der Waals surface area contributed by atoms with Gasteiger partial charge in [-0.2, -0.15) is 0 Å². The van der Waals surface area contributed by atoms with E-state index in [4.69, 9.17) is 4.74 Å². The topological polar surface area (TPSA) is 21.3 Å². The van der Waals surface area contributed by atoms with E-state index < -0.39 is 0 Å². The molecular weight excluding hydrogens is 174 g/mol. The Bertz CT molecular complexity index is 292. The lowest BCUT2D eigenvalue weighted by Crippen LogP contribution is -2.42. The molecule has 1 aliphatic heterocycles. The molecule has 0 bridgehead atoms. The number of morpholine rings is 1. The van der Waals surface area contributed by atoms with Gasteiger partial charge in [-0.15, -0.1) is 0 Å². The Morgan fingerprint density at radius 3 is 3.14 bits per heavy atom. The number of benzene rings is 1. The fourth-order valence-corrected chi connectivity index (χ4v) is 1.87. The molecule has 1 fully saturated rings. The summed E-state index contributed by atoms with van der Waals surface area (Å²) >= 11 is 0. The first kappa shape index (κ1) is 9.69. The summed E-state index contributed by atoms with van der Waals surface area (Å²) in [7, 11) is 0. The molecule has 0 aromatic heterocycles. The van der Waals surface area contributed by atoms with Crippen molar-refractivity contribution in [3.63, 3.8) is 0 Å². The van der Waals surface area contributed by atoms with Gasteiger partial charge in [0.2, 0.25) is 0 Å². The Hall–Kier alpha value is -0.860. The molecule has 0 radical (unpaired) electrons. The van der Waals surface area contributed by atoms with Crippen molar-refractivity contribution in [3.8, 4) is 0 Å². The van der Waals surface area contributed by atoms with Crippen molar-refractivity contribution in [1.29, 1.82) is 0 Å². The lowest BCUT2D eigenvalue weighted by molar-refractivity contribution is 0.0770. The largest absolute Gasteiger partial charge is 0.379 e. The molecule has 0 aliphatic carbocycles. The molecule has 2 heteroatoms. The molecule has 1 aromatic carbocycles. The van der Waals surface area contributed by atoms with Crippen LogP contribution in [-0.4, -0.2) is 25.8 Å². The maximum Gasteiger partial charge on any atom is 0.0623 e. The van der Waals surface area contributed by atoms with E-state index in [1.807, 2.05) is 0 Å². The van der Waals surface area contributed by atoms with Crippen LogP contribution in [0.4, 0.5) is 0 Å². The lowest BCUT2D eigenvalue weighted by Gasteiger charge is -2.23. The maximum absolute atomic E-state index is 5.42. The first-order valence-electron chi connectivity index (χ1n) is 5.21. The predicted octanol–water partition coefficient (Wildman–Crippen LogP) is 1.53. The van der Waals surface area contributed by atoms with E-state index in [2.05, 4.69) is 36.5 Å². The highest BCUT2D eigenvalue weighted by atomic mass is 16.5. The molecular formula is C12H17NO. The molecule has 0 amide bonds. The molecule has 1 unspecified atom stereocenters. The number of aryl methyl sites for hydroxylation is 1. The summed E-state index contributed by atoms with van der Waals surface area (Å²) in [4.78, 5) is 0. The first-order valence-corrected chi connectivity index (χ1v) is 5.21. The Morgan fingerprint density at radius 1 is 1.50 bits per heavy atom. The summed E-state index contributed by atoms with van der Waals surface area (Å²) < 4.78 is 5.42. The zero-order valence-corrected chi connectivity index (χ0v) is 8.62. The molecule has 1 N–H and O–H groups in total. The lowest BCUT2D eigenvalue weighted by atomic mass is 10.0. The van der Waals surface area contributed by atoms with Gasteiger partial charge in [-0.1, -0.05) is 29.8 Å². The molecule has 1 heterocycles. The average Bonchev–Trinajstić information content (AvgIpc) is 2.19. The van der Waals surface area contributed by atoms with Gasteiger partial charge in [-0.25, -0.2) is 0 Å². The molecule has 0 saturated carbocycles. The van der Waals surface area contributed by atoms with Crippen LogP contribution in [0.15, 0.2) is 24.3 Å². The molecule has 14 heavy (non-hydrogen) atoms. The van der Waals surface area contributed by atoms with Crippen molar-refractivity contribution < 1.29 is 4.74 Å². The molecule has 76 valence electrons. The van der Waals surface area contributed by atoms with Crippen LogP contribution in [0.1, 0.15) is 11.1 Å². The number of ether oxygens (including phenoxy) is 1. The number of rotatable bonds is 2. The highest BCUT2D eigenvalue weighted by Crippen LogP contribution is 2.08. The Kier molecular flexibility index (Phi) is 3.17. The van der Waals surface area contributed by atoms with Gasteiger partial charge in [0.1, 0.15) is 0 Å². The van der Waals surface area contributed by atoms with E-state index in [0.29, 0.717) is 6.04 Å². The van der Waals surface area contributed by atoms with Gasteiger partial charge in [-0.05, 0) is 18.9 Å². The van der Waals surface area contributed by atoms with Gasteiger partial charge in [0, 0.05) is 12.6 Å². The molecule has 2 nitrogen and oxygen atoms in total. The number of nitrogens with one attached hydrogen (secondary N) is 1. The van der Waals surface area contributed by atoms with Crippen LogP contribution in [0.3, 0.4) is 0 Å². The fourth-order valence-electron chi connectivity index (χ4n) is 1.87. The van der Waals surface area contributed by atoms with Crippen molar-refractivity contribution >= 4 is 0 Å². The van der Waals surface area contributed by atoms with E-state index in [-0.39, 0.29) is 0 Å². The summed E-state index contributed by atoms with van der Waals surface area (Å²) in [6.45, 7) is 4.81. The standard InChI is InChI=1S/C12H17NO/c1-10-3-2-4-11(7-10)8-12-9-14-6-5-13-12/h2-4,7,12-13H,5-6,8-9H2,1H3. The van der Waals surface area contributed by atoms with Crippen LogP contribution in [0.5, 0.6) is 0 Å². The van der Waals surface area contributed by atoms with Crippen LogP contribution in [0, 0.1) is 6.92 Å². The van der Waals surface area contributed by atoms with Crippen molar-refractivity contribution in [2.75, 3.05) is 19.8 Å². The van der Waals surface area contributed by atoms with Crippen LogP contribution in [0.25, 0.3) is 0 Å². The van der Waals surface area contributed by atoms with Crippen LogP contribution in [0.2, 0.25) is 0 Å².